The number of hydrogen-bond acceptors (Lipinski definition) is 3. The smallest absolute Gasteiger partial charge is 0.0430 e. The Balaban J connectivity index is 1.05. The molecular weight excluding hydrogens is 553 g/mol. The lowest BCUT2D eigenvalue weighted by atomic mass is 9.63. The van der Waals surface area contributed by atoms with Crippen molar-refractivity contribution in [3.05, 3.63) is 109 Å². The summed E-state index contributed by atoms with van der Waals surface area (Å²) in [7, 11) is 0. The maximum atomic E-state index is 4.03. The van der Waals surface area contributed by atoms with Gasteiger partial charge in [-0.25, -0.2) is 0 Å². The van der Waals surface area contributed by atoms with Crippen molar-refractivity contribution in [3.8, 4) is 0 Å². The van der Waals surface area contributed by atoms with E-state index in [4.69, 9.17) is 0 Å². The van der Waals surface area contributed by atoms with E-state index >= 15 is 0 Å². The first kappa shape index (κ1) is 27.4. The highest BCUT2D eigenvalue weighted by Gasteiger charge is 2.46. The van der Waals surface area contributed by atoms with E-state index in [0.29, 0.717) is 35.9 Å². The second kappa shape index (κ2) is 11.2. The maximum absolute atomic E-state index is 4.03. The molecule has 7 atom stereocenters. The van der Waals surface area contributed by atoms with E-state index in [0.717, 1.165) is 31.6 Å². The molecule has 7 aliphatic carbocycles. The van der Waals surface area contributed by atoms with Gasteiger partial charge in [0.15, 0.2) is 0 Å². The van der Waals surface area contributed by atoms with Crippen LogP contribution in [0, 0.1) is 23.7 Å². The number of rotatable bonds is 4. The van der Waals surface area contributed by atoms with Crippen LogP contribution in [-0.2, 0) is 6.42 Å². The van der Waals surface area contributed by atoms with E-state index in [9.17, 15) is 0 Å². The summed E-state index contributed by atoms with van der Waals surface area (Å²) in [5.74, 6) is 2.79. The summed E-state index contributed by atoms with van der Waals surface area (Å²) < 4.78 is 1.50. The Labute approximate surface area is 267 Å². The first-order chi connectivity index (χ1) is 21.7. The molecule has 2 nitrogen and oxygen atoms in total. The number of fused-ring (bicyclic) bond motifs is 7. The van der Waals surface area contributed by atoms with Crippen LogP contribution in [0.4, 0.5) is 0 Å². The van der Waals surface area contributed by atoms with Gasteiger partial charge in [-0.2, -0.15) is 0 Å². The van der Waals surface area contributed by atoms with Crippen molar-refractivity contribution >= 4 is 29.6 Å². The average molecular weight is 599 g/mol. The Bertz CT molecular complexity index is 1730. The van der Waals surface area contributed by atoms with E-state index in [1.54, 1.807) is 21.6 Å². The van der Waals surface area contributed by atoms with Gasteiger partial charge in [0.05, 0.1) is 0 Å². The van der Waals surface area contributed by atoms with Crippen LogP contribution in [0.3, 0.4) is 0 Å². The Morgan fingerprint density at radius 3 is 2.82 bits per heavy atom. The summed E-state index contributed by atoms with van der Waals surface area (Å²) in [6.07, 6.45) is 45.6. The third-order valence-corrected chi connectivity index (χ3v) is 13.2. The predicted octanol–water partition coefficient (Wildman–Crippen LogP) is 8.02. The highest BCUT2D eigenvalue weighted by molar-refractivity contribution is 7.10. The third kappa shape index (κ3) is 4.52. The normalized spacial score (nSPS) is 35.3. The van der Waals surface area contributed by atoms with Gasteiger partial charge in [-0.05, 0) is 128 Å². The average Bonchev–Trinajstić information content (AvgIpc) is 3.61. The van der Waals surface area contributed by atoms with E-state index in [1.807, 2.05) is 11.3 Å². The van der Waals surface area contributed by atoms with Gasteiger partial charge in [0.2, 0.25) is 0 Å². The molecule has 8 aliphatic rings. The zero-order valence-electron chi connectivity index (χ0n) is 26.2. The van der Waals surface area contributed by atoms with Gasteiger partial charge < -0.3 is 5.32 Å². The fourth-order valence-electron chi connectivity index (χ4n) is 10.1. The number of nitrogens with one attached hydrogen (secondary N) is 1. The fourth-order valence-corrected chi connectivity index (χ4v) is 11.3. The molecule has 226 valence electrons. The molecule has 0 amide bonds. The largest absolute Gasteiger partial charge is 0.359 e. The monoisotopic (exact) mass is 598 g/mol. The summed E-state index contributed by atoms with van der Waals surface area (Å²) in [6.45, 7) is 2.48. The molecule has 0 saturated carbocycles. The Hall–Kier alpha value is -2.88. The number of nitrogens with zero attached hydrogens (tertiary/aromatic N) is 1. The minimum absolute atomic E-state index is 0.463. The lowest BCUT2D eigenvalue weighted by Crippen LogP contribution is -2.45. The fraction of sp³-hybridized carbons (Fsp3) is 0.463. The molecule has 2 heterocycles. The first-order valence-corrected chi connectivity index (χ1v) is 18.4. The van der Waals surface area contributed by atoms with E-state index in [1.165, 1.54) is 71.7 Å². The number of likely N-dealkylation sites (tertiary alicyclic amines) is 1. The lowest BCUT2D eigenvalue weighted by molar-refractivity contribution is 0.151. The number of hydrogen-bond donors (Lipinski definition) is 1. The summed E-state index contributed by atoms with van der Waals surface area (Å²) in [4.78, 5) is 4.54. The molecule has 0 spiro atoms. The van der Waals surface area contributed by atoms with Gasteiger partial charge in [0.25, 0.3) is 0 Å². The zero-order chi connectivity index (χ0) is 29.2. The Kier molecular flexibility index (Phi) is 6.97. The summed E-state index contributed by atoms with van der Waals surface area (Å²) in [5, 5.41) is 5.53. The maximum Gasteiger partial charge on any atom is 0.0430 e. The molecule has 0 bridgehead atoms. The Morgan fingerprint density at radius 2 is 1.84 bits per heavy atom. The van der Waals surface area contributed by atoms with Crippen LogP contribution in [0.2, 0.25) is 0 Å². The van der Waals surface area contributed by atoms with E-state index in [-0.39, 0.29) is 0 Å². The van der Waals surface area contributed by atoms with Crippen molar-refractivity contribution in [3.63, 3.8) is 0 Å². The molecule has 1 aromatic rings. The predicted molar refractivity (Wildman–Crippen MR) is 186 cm³/mol. The molecule has 9 rings (SSSR count). The second-order valence-electron chi connectivity index (χ2n) is 14.4. The molecule has 1 saturated heterocycles. The molecule has 0 radical (unpaired) electrons. The molecule has 1 N–H and O–H groups in total. The number of allylic oxidation sites excluding steroid dienone is 9. The molecule has 1 aromatic heterocycles. The third-order valence-electron chi connectivity index (χ3n) is 12.0. The van der Waals surface area contributed by atoms with Crippen LogP contribution in [0.25, 0.3) is 18.2 Å². The topological polar surface area (TPSA) is 15.3 Å². The van der Waals surface area contributed by atoms with Gasteiger partial charge in [-0.3, -0.25) is 4.90 Å². The quantitative estimate of drug-likeness (QED) is 0.353. The molecule has 3 heteroatoms. The molecule has 1 aliphatic heterocycles. The van der Waals surface area contributed by atoms with Crippen LogP contribution in [0.15, 0.2) is 88.9 Å². The van der Waals surface area contributed by atoms with Crippen LogP contribution >= 0.6 is 11.3 Å². The highest BCUT2D eigenvalue weighted by Crippen LogP contribution is 2.49. The zero-order valence-corrected chi connectivity index (χ0v) is 27.0. The van der Waals surface area contributed by atoms with Crippen molar-refractivity contribution in [2.24, 2.45) is 23.7 Å². The van der Waals surface area contributed by atoms with Crippen LogP contribution in [-0.4, -0.2) is 23.0 Å². The second-order valence-corrected chi connectivity index (χ2v) is 15.6. The van der Waals surface area contributed by atoms with Crippen LogP contribution in [0.1, 0.15) is 81.6 Å². The van der Waals surface area contributed by atoms with E-state index < -0.39 is 0 Å². The molecule has 44 heavy (non-hydrogen) atoms. The summed E-state index contributed by atoms with van der Waals surface area (Å²) in [6, 6.07) is 1.49. The standard InChI is InChI=1S/C41H46N2S/c1-26-20-21-27-10-2-3-13-31(27)40(26)28-11-8-12-30(24-28)43-36-17-6-4-15-33(36)41-35(16-9-18-37(41)43)42-29-22-23-39-34(25-29)32-14-5-7-19-38(32)44-39/h2,4,6,9-10,14-16,19-21,24-27,30-31,36-37,40,42H,3,5,7-8,11-13,17-18,22-23H2,1H3. The van der Waals surface area contributed by atoms with Crippen molar-refractivity contribution in [1.29, 1.82) is 0 Å². The van der Waals surface area contributed by atoms with Crippen LogP contribution < -0.4 is 15.1 Å². The van der Waals surface area contributed by atoms with Crippen molar-refractivity contribution in [2.75, 3.05) is 0 Å². The van der Waals surface area contributed by atoms with E-state index in [2.05, 4.69) is 96.1 Å². The molecule has 0 aromatic carbocycles. The SMILES string of the molecule is CC1C=CC2C=CCCC2C1C1=CC(N2C3CC=CC=C3C3=C(NC4=Cc5c(sc6c5=CCCC=6)CC4)C=CCC32)CCC1. The first-order valence-electron chi connectivity index (χ1n) is 17.6. The highest BCUT2D eigenvalue weighted by atomic mass is 32.1. The van der Waals surface area contributed by atoms with Gasteiger partial charge in [0.1, 0.15) is 0 Å². The van der Waals surface area contributed by atoms with Crippen molar-refractivity contribution in [1.82, 2.24) is 10.2 Å². The number of thiophene rings is 1. The minimum Gasteiger partial charge on any atom is -0.359 e. The van der Waals surface area contributed by atoms with Gasteiger partial charge in [-0.1, -0.05) is 79.3 Å². The lowest BCUT2D eigenvalue weighted by Gasteiger charge is -2.44. The van der Waals surface area contributed by atoms with Crippen molar-refractivity contribution in [2.45, 2.75) is 95.7 Å². The Morgan fingerprint density at radius 1 is 0.909 bits per heavy atom. The minimum atomic E-state index is 0.463. The van der Waals surface area contributed by atoms with Crippen LogP contribution in [0.5, 0.6) is 0 Å². The van der Waals surface area contributed by atoms with Gasteiger partial charge >= 0.3 is 0 Å². The number of aryl methyl sites for hydroxylation is 1. The van der Waals surface area contributed by atoms with Gasteiger partial charge in [0, 0.05) is 38.9 Å². The molecule has 1 fully saturated rings. The summed E-state index contributed by atoms with van der Waals surface area (Å²) in [5.41, 5.74) is 9.16. The molecular formula is C41H46N2S. The van der Waals surface area contributed by atoms with Gasteiger partial charge in [-0.15, -0.1) is 11.3 Å². The summed E-state index contributed by atoms with van der Waals surface area (Å²) >= 11 is 2.03. The van der Waals surface area contributed by atoms with Crippen molar-refractivity contribution < 1.29 is 0 Å². The molecule has 7 unspecified atom stereocenters.